The average molecular weight is 740 g/mol. The molecule has 0 spiro atoms. The number of hydrogen-bond acceptors (Lipinski definition) is 5. The minimum atomic E-state index is 0.899. The zero-order valence-corrected chi connectivity index (χ0v) is 31.3. The van der Waals surface area contributed by atoms with Gasteiger partial charge in [0.1, 0.15) is 0 Å². The molecular formula is C53H33N5. The maximum absolute atomic E-state index is 5.22. The fourth-order valence-corrected chi connectivity index (χ4v) is 7.82. The molecule has 0 bridgehead atoms. The van der Waals surface area contributed by atoms with Crippen molar-refractivity contribution < 1.29 is 0 Å². The van der Waals surface area contributed by atoms with E-state index in [4.69, 9.17) is 19.9 Å². The quantitative estimate of drug-likeness (QED) is 0.159. The summed E-state index contributed by atoms with van der Waals surface area (Å²) in [4.78, 5) is 25.1. The zero-order valence-electron chi connectivity index (χ0n) is 31.3. The van der Waals surface area contributed by atoms with E-state index in [-0.39, 0.29) is 0 Å². The van der Waals surface area contributed by atoms with Crippen LogP contribution in [0.1, 0.15) is 0 Å². The van der Waals surface area contributed by atoms with Gasteiger partial charge in [-0.3, -0.25) is 4.98 Å². The molecule has 0 aliphatic carbocycles. The van der Waals surface area contributed by atoms with Gasteiger partial charge < -0.3 is 0 Å². The van der Waals surface area contributed by atoms with Crippen LogP contribution in [-0.2, 0) is 0 Å². The molecule has 5 heterocycles. The van der Waals surface area contributed by atoms with Crippen LogP contribution in [0.5, 0.6) is 0 Å². The van der Waals surface area contributed by atoms with Crippen molar-refractivity contribution >= 4 is 43.6 Å². The topological polar surface area (TPSA) is 64.5 Å². The second kappa shape index (κ2) is 14.0. The number of fused-ring (bicyclic) bond motifs is 5. The first kappa shape index (κ1) is 33.4. The summed E-state index contributed by atoms with van der Waals surface area (Å²) in [6.45, 7) is 0. The molecule has 0 saturated heterocycles. The summed E-state index contributed by atoms with van der Waals surface area (Å²) in [5.41, 5.74) is 15.7. The Hall–Kier alpha value is -7.89. The molecule has 0 saturated carbocycles. The van der Waals surface area contributed by atoms with Crippen molar-refractivity contribution in [3.05, 3.63) is 200 Å². The second-order valence-electron chi connectivity index (χ2n) is 14.6. The van der Waals surface area contributed by atoms with Gasteiger partial charge in [-0.25, -0.2) is 19.9 Å². The van der Waals surface area contributed by atoms with Gasteiger partial charge in [-0.2, -0.15) is 0 Å². The van der Waals surface area contributed by atoms with E-state index in [0.717, 1.165) is 111 Å². The van der Waals surface area contributed by atoms with E-state index in [0.29, 0.717) is 0 Å². The second-order valence-corrected chi connectivity index (χ2v) is 14.6. The van der Waals surface area contributed by atoms with E-state index in [2.05, 4.69) is 163 Å². The molecule has 0 N–H and O–H groups in total. The third-order valence-corrected chi connectivity index (χ3v) is 10.9. The van der Waals surface area contributed by atoms with Gasteiger partial charge in [-0.15, -0.1) is 0 Å². The maximum Gasteiger partial charge on any atom is 0.0972 e. The lowest BCUT2D eigenvalue weighted by Crippen LogP contribution is -1.91. The van der Waals surface area contributed by atoms with Gasteiger partial charge in [0.05, 0.1) is 50.5 Å². The maximum atomic E-state index is 5.22. The van der Waals surface area contributed by atoms with E-state index < -0.39 is 0 Å². The first-order chi connectivity index (χ1) is 28.7. The molecule has 5 heteroatoms. The molecule has 0 atom stereocenters. The summed E-state index contributed by atoms with van der Waals surface area (Å²) >= 11 is 0. The van der Waals surface area contributed by atoms with Crippen LogP contribution in [0.3, 0.4) is 0 Å². The number of benzene rings is 6. The van der Waals surface area contributed by atoms with E-state index in [1.165, 1.54) is 0 Å². The third kappa shape index (κ3) is 6.21. The van der Waals surface area contributed by atoms with Gasteiger partial charge in [-0.1, -0.05) is 133 Å². The highest BCUT2D eigenvalue weighted by atomic mass is 14.8. The zero-order chi connectivity index (χ0) is 38.4. The lowest BCUT2D eigenvalue weighted by atomic mass is 9.99. The molecule has 6 aromatic carbocycles. The monoisotopic (exact) mass is 739 g/mol. The van der Waals surface area contributed by atoms with Crippen molar-refractivity contribution in [1.29, 1.82) is 0 Å². The molecule has 0 amide bonds. The molecule has 5 aromatic heterocycles. The largest absolute Gasteiger partial charge is 0.256 e. The lowest BCUT2D eigenvalue weighted by molar-refractivity contribution is 1.32. The fraction of sp³-hybridized carbons (Fsp3) is 0. The molecular weight excluding hydrogens is 707 g/mol. The van der Waals surface area contributed by atoms with Crippen LogP contribution in [0, 0.1) is 0 Å². The van der Waals surface area contributed by atoms with E-state index >= 15 is 0 Å². The van der Waals surface area contributed by atoms with Crippen molar-refractivity contribution in [2.45, 2.75) is 0 Å². The summed E-state index contributed by atoms with van der Waals surface area (Å²) in [6, 6.07) is 67.3. The van der Waals surface area contributed by atoms with Gasteiger partial charge in [0.25, 0.3) is 0 Å². The highest BCUT2D eigenvalue weighted by Gasteiger charge is 2.12. The highest BCUT2D eigenvalue weighted by Crippen LogP contribution is 2.33. The van der Waals surface area contributed by atoms with Crippen LogP contribution < -0.4 is 0 Å². The summed E-state index contributed by atoms with van der Waals surface area (Å²) < 4.78 is 0. The molecule has 0 unspecified atom stereocenters. The molecule has 58 heavy (non-hydrogen) atoms. The molecule has 0 fully saturated rings. The van der Waals surface area contributed by atoms with Crippen LogP contribution in [-0.4, -0.2) is 24.9 Å². The Labute approximate surface area is 335 Å². The van der Waals surface area contributed by atoms with Crippen molar-refractivity contribution in [1.82, 2.24) is 24.9 Å². The van der Waals surface area contributed by atoms with Crippen molar-refractivity contribution in [2.24, 2.45) is 0 Å². The Morgan fingerprint density at radius 1 is 0.241 bits per heavy atom. The Morgan fingerprint density at radius 2 is 0.655 bits per heavy atom. The predicted octanol–water partition coefficient (Wildman–Crippen LogP) is 13.3. The van der Waals surface area contributed by atoms with Crippen LogP contribution in [0.25, 0.3) is 111 Å². The standard InChI is InChI=1S/C53H33N5/c1-2-8-34(9-3-1)46-27-23-37-17-18-38-24-28-49(58-53(38)52(37)57-46)42-12-6-10-39(30-42)40-19-15-35-22-26-48(56-50(35)32-40)44-20-16-36-21-25-47(55-51(36)33-44)43-13-7-11-41(31-43)45-14-4-5-29-54-45/h1-33H. The molecule has 0 radical (unpaired) electrons. The number of hydrogen-bond donors (Lipinski definition) is 0. The summed E-state index contributed by atoms with van der Waals surface area (Å²) in [5, 5.41) is 4.30. The number of aromatic nitrogens is 5. The Bertz CT molecular complexity index is 3340. The molecule has 5 nitrogen and oxygen atoms in total. The molecule has 11 rings (SSSR count). The Morgan fingerprint density at radius 3 is 1.28 bits per heavy atom. The Balaban J connectivity index is 0.918. The first-order valence-corrected chi connectivity index (χ1v) is 19.4. The normalized spacial score (nSPS) is 11.4. The van der Waals surface area contributed by atoms with Crippen LogP contribution in [0.2, 0.25) is 0 Å². The molecule has 0 aliphatic heterocycles. The van der Waals surface area contributed by atoms with Gasteiger partial charge >= 0.3 is 0 Å². The fourth-order valence-electron chi connectivity index (χ4n) is 7.82. The molecule has 0 aliphatic rings. The average Bonchev–Trinajstić information content (AvgIpc) is 3.31. The molecule has 11 aromatic rings. The van der Waals surface area contributed by atoms with Crippen molar-refractivity contribution in [2.75, 3.05) is 0 Å². The smallest absolute Gasteiger partial charge is 0.0972 e. The first-order valence-electron chi connectivity index (χ1n) is 19.4. The number of rotatable bonds is 6. The number of nitrogens with zero attached hydrogens (tertiary/aromatic N) is 5. The minimum Gasteiger partial charge on any atom is -0.256 e. The van der Waals surface area contributed by atoms with E-state index in [1.54, 1.807) is 0 Å². The summed E-state index contributed by atoms with van der Waals surface area (Å²) in [6.07, 6.45) is 1.82. The Kier molecular flexibility index (Phi) is 8.07. The molecule has 270 valence electrons. The van der Waals surface area contributed by atoms with Crippen molar-refractivity contribution in [3.8, 4) is 67.4 Å². The van der Waals surface area contributed by atoms with E-state index in [9.17, 15) is 0 Å². The SMILES string of the molecule is c1ccc(-c2ccc3ccc4ccc(-c5cccc(-c6ccc7ccc(-c8ccc9ccc(-c%10cccc(-c%11ccccn%11)c%10)nc9c8)nc7c6)c5)nc4c3n2)cc1. The van der Waals surface area contributed by atoms with Crippen LogP contribution in [0.4, 0.5) is 0 Å². The highest BCUT2D eigenvalue weighted by molar-refractivity contribution is 6.04. The van der Waals surface area contributed by atoms with Gasteiger partial charge in [0, 0.05) is 55.6 Å². The van der Waals surface area contributed by atoms with Gasteiger partial charge in [-0.05, 0) is 71.8 Å². The van der Waals surface area contributed by atoms with Gasteiger partial charge in [0.2, 0.25) is 0 Å². The lowest BCUT2D eigenvalue weighted by Gasteiger charge is -2.10. The predicted molar refractivity (Wildman–Crippen MR) is 238 cm³/mol. The summed E-state index contributed by atoms with van der Waals surface area (Å²) in [5.74, 6) is 0. The number of pyridine rings is 5. The van der Waals surface area contributed by atoms with Gasteiger partial charge in [0.15, 0.2) is 0 Å². The third-order valence-electron chi connectivity index (χ3n) is 10.9. The van der Waals surface area contributed by atoms with Crippen LogP contribution >= 0.6 is 0 Å². The van der Waals surface area contributed by atoms with E-state index in [1.807, 2.05) is 42.6 Å². The summed E-state index contributed by atoms with van der Waals surface area (Å²) in [7, 11) is 0. The minimum absolute atomic E-state index is 0.899. The van der Waals surface area contributed by atoms with Crippen LogP contribution in [0.15, 0.2) is 200 Å². The van der Waals surface area contributed by atoms with Crippen molar-refractivity contribution in [3.63, 3.8) is 0 Å².